The van der Waals surface area contributed by atoms with Crippen molar-refractivity contribution in [2.75, 3.05) is 4.90 Å². The van der Waals surface area contributed by atoms with Gasteiger partial charge in [0.25, 0.3) is 0 Å². The minimum atomic E-state index is -0.168. The molecule has 0 N–H and O–H groups in total. The molecular weight excluding hydrogens is 723 g/mol. The molecule has 10 aromatic rings. The fourth-order valence-electron chi connectivity index (χ4n) is 9.72. The van der Waals surface area contributed by atoms with Gasteiger partial charge < -0.3 is 4.90 Å². The first-order chi connectivity index (χ1) is 29.5. The lowest BCUT2D eigenvalue weighted by molar-refractivity contribution is 0.660. The second kappa shape index (κ2) is 14.4. The van der Waals surface area contributed by atoms with Gasteiger partial charge in [0.05, 0.1) is 0 Å². The van der Waals surface area contributed by atoms with Crippen molar-refractivity contribution < 1.29 is 0 Å². The van der Waals surface area contributed by atoms with Crippen LogP contribution >= 0.6 is 0 Å². The molecule has 1 heteroatoms. The van der Waals surface area contributed by atoms with Crippen LogP contribution in [0.2, 0.25) is 0 Å². The second-order valence-corrected chi connectivity index (χ2v) is 16.5. The number of hydrogen-bond acceptors (Lipinski definition) is 1. The molecule has 0 unspecified atom stereocenters. The topological polar surface area (TPSA) is 3.24 Å². The van der Waals surface area contributed by atoms with E-state index in [9.17, 15) is 0 Å². The number of fused-ring (bicyclic) bond motifs is 6. The predicted octanol–water partition coefficient (Wildman–Crippen LogP) is 16.4. The number of nitrogens with zero attached hydrogens (tertiary/aromatic N) is 1. The summed E-state index contributed by atoms with van der Waals surface area (Å²) in [7, 11) is 0. The van der Waals surface area contributed by atoms with Crippen LogP contribution in [-0.4, -0.2) is 0 Å². The lowest BCUT2D eigenvalue weighted by Crippen LogP contribution is -2.15. The predicted molar refractivity (Wildman–Crippen MR) is 257 cm³/mol. The van der Waals surface area contributed by atoms with E-state index in [0.717, 1.165) is 17.1 Å². The fourth-order valence-corrected chi connectivity index (χ4v) is 9.72. The molecule has 0 aliphatic heterocycles. The molecule has 0 fully saturated rings. The molecule has 0 saturated carbocycles. The molecule has 0 bridgehead atoms. The quantitative estimate of drug-likeness (QED) is 0.115. The zero-order valence-corrected chi connectivity index (χ0v) is 33.8. The highest BCUT2D eigenvalue weighted by Crippen LogP contribution is 2.52. The van der Waals surface area contributed by atoms with Gasteiger partial charge in [-0.25, -0.2) is 0 Å². The first-order valence-electron chi connectivity index (χ1n) is 20.9. The molecular formula is C59H43N. The maximum absolute atomic E-state index is 2.48. The normalized spacial score (nSPS) is 12.9. The molecule has 1 aliphatic carbocycles. The monoisotopic (exact) mass is 765 g/mol. The van der Waals surface area contributed by atoms with Crippen LogP contribution in [0.3, 0.4) is 0 Å². The first kappa shape index (κ1) is 35.7. The Bertz CT molecular complexity index is 3160. The lowest BCUT2D eigenvalue weighted by Gasteiger charge is -2.25. The Morgan fingerprint density at radius 3 is 1.45 bits per heavy atom. The minimum absolute atomic E-state index is 0.168. The van der Waals surface area contributed by atoms with E-state index >= 15 is 0 Å². The molecule has 0 aromatic heterocycles. The van der Waals surface area contributed by atoms with Crippen LogP contribution in [0.1, 0.15) is 36.1 Å². The van der Waals surface area contributed by atoms with Gasteiger partial charge in [0.2, 0.25) is 0 Å². The van der Waals surface area contributed by atoms with Gasteiger partial charge in [-0.1, -0.05) is 196 Å². The Hall–Kier alpha value is -7.48. The number of para-hydroxylation sites is 2. The Labute approximate surface area is 352 Å². The largest absolute Gasteiger partial charge is 0.311 e. The standard InChI is InChI=1S/C59H43N/c1-59(2)55-38-41(29-28-40-30-34-46(35-31-40)60(44-18-5-3-6-19-44)45-20-7-4-8-21-45)32-36-48(55)49-37-33-43(39-56(49)59)57-51-23-11-13-25-53(51)58(54-26-14-12-24-52(54)57)50-27-15-17-42-16-9-10-22-47(42)50/h3-39H,1-2H3/b29-28+. The zero-order chi connectivity index (χ0) is 40.2. The van der Waals surface area contributed by atoms with E-state index in [-0.39, 0.29) is 5.41 Å². The van der Waals surface area contributed by atoms with Crippen molar-refractivity contribution in [3.05, 3.63) is 235 Å². The molecule has 0 radical (unpaired) electrons. The van der Waals surface area contributed by atoms with Gasteiger partial charge in [-0.2, -0.15) is 0 Å². The Balaban J connectivity index is 0.944. The van der Waals surface area contributed by atoms with Crippen molar-refractivity contribution in [1.82, 2.24) is 0 Å². The van der Waals surface area contributed by atoms with Gasteiger partial charge in [-0.05, 0) is 130 Å². The van der Waals surface area contributed by atoms with Crippen molar-refractivity contribution in [1.29, 1.82) is 0 Å². The van der Waals surface area contributed by atoms with Crippen LogP contribution in [0.25, 0.3) is 77.9 Å². The molecule has 60 heavy (non-hydrogen) atoms. The molecule has 0 amide bonds. The van der Waals surface area contributed by atoms with Gasteiger partial charge in [0.15, 0.2) is 0 Å². The average Bonchev–Trinajstić information content (AvgIpc) is 3.53. The van der Waals surface area contributed by atoms with Crippen molar-refractivity contribution >= 4 is 61.5 Å². The second-order valence-electron chi connectivity index (χ2n) is 16.5. The molecule has 0 heterocycles. The summed E-state index contributed by atoms with van der Waals surface area (Å²) in [5.74, 6) is 0. The van der Waals surface area contributed by atoms with Crippen LogP contribution in [0.4, 0.5) is 17.1 Å². The Kier molecular flexibility index (Phi) is 8.57. The van der Waals surface area contributed by atoms with Gasteiger partial charge in [-0.15, -0.1) is 0 Å². The number of hydrogen-bond donors (Lipinski definition) is 0. The number of benzene rings is 10. The summed E-state index contributed by atoms with van der Waals surface area (Å²) in [5.41, 5.74) is 16.1. The van der Waals surface area contributed by atoms with Crippen molar-refractivity contribution in [3.8, 4) is 33.4 Å². The van der Waals surface area contributed by atoms with E-state index in [1.165, 1.54) is 88.0 Å². The third kappa shape index (κ3) is 5.93. The van der Waals surface area contributed by atoms with Gasteiger partial charge >= 0.3 is 0 Å². The van der Waals surface area contributed by atoms with Crippen LogP contribution in [0, 0.1) is 0 Å². The number of anilines is 3. The van der Waals surface area contributed by atoms with E-state index in [2.05, 4.69) is 243 Å². The lowest BCUT2D eigenvalue weighted by atomic mass is 9.80. The Morgan fingerprint density at radius 2 is 0.817 bits per heavy atom. The molecule has 284 valence electrons. The first-order valence-corrected chi connectivity index (χ1v) is 20.9. The van der Waals surface area contributed by atoms with E-state index in [1.54, 1.807) is 0 Å². The third-order valence-corrected chi connectivity index (χ3v) is 12.6. The summed E-state index contributed by atoms with van der Waals surface area (Å²) < 4.78 is 0. The van der Waals surface area contributed by atoms with E-state index in [1.807, 2.05) is 0 Å². The molecule has 10 aromatic carbocycles. The maximum atomic E-state index is 2.48. The fraction of sp³-hybridized carbons (Fsp3) is 0.0508. The van der Waals surface area contributed by atoms with Gasteiger partial charge in [0.1, 0.15) is 0 Å². The summed E-state index contributed by atoms with van der Waals surface area (Å²) in [5, 5.41) is 7.65. The van der Waals surface area contributed by atoms with E-state index in [0.29, 0.717) is 0 Å². The van der Waals surface area contributed by atoms with Crippen LogP contribution in [-0.2, 0) is 5.41 Å². The van der Waals surface area contributed by atoms with E-state index < -0.39 is 0 Å². The highest BCUT2D eigenvalue weighted by molar-refractivity contribution is 6.23. The van der Waals surface area contributed by atoms with Crippen molar-refractivity contribution in [2.24, 2.45) is 0 Å². The SMILES string of the molecule is CC1(C)c2cc(/C=C/c3ccc(N(c4ccccc4)c4ccccc4)cc3)ccc2-c2ccc(-c3c4ccccc4c(-c4cccc5ccccc45)c4ccccc34)cc21. The third-order valence-electron chi connectivity index (χ3n) is 12.6. The van der Waals surface area contributed by atoms with Crippen LogP contribution in [0.15, 0.2) is 212 Å². The van der Waals surface area contributed by atoms with Crippen molar-refractivity contribution in [2.45, 2.75) is 19.3 Å². The average molecular weight is 766 g/mol. The zero-order valence-electron chi connectivity index (χ0n) is 33.8. The molecule has 1 nitrogen and oxygen atoms in total. The maximum Gasteiger partial charge on any atom is 0.0462 e. The summed E-state index contributed by atoms with van der Waals surface area (Å²) >= 11 is 0. The van der Waals surface area contributed by atoms with Crippen molar-refractivity contribution in [3.63, 3.8) is 0 Å². The number of rotatable bonds is 7. The molecule has 11 rings (SSSR count). The molecule has 0 atom stereocenters. The minimum Gasteiger partial charge on any atom is -0.311 e. The summed E-state index contributed by atoms with van der Waals surface area (Å²) in [4.78, 5) is 2.30. The molecule has 0 spiro atoms. The highest BCUT2D eigenvalue weighted by Gasteiger charge is 2.36. The molecule has 0 saturated heterocycles. The van der Waals surface area contributed by atoms with E-state index in [4.69, 9.17) is 0 Å². The van der Waals surface area contributed by atoms with Crippen LogP contribution in [0.5, 0.6) is 0 Å². The molecule has 1 aliphatic rings. The van der Waals surface area contributed by atoms with Gasteiger partial charge in [-0.3, -0.25) is 0 Å². The summed E-state index contributed by atoms with van der Waals surface area (Å²) in [6, 6.07) is 77.6. The summed E-state index contributed by atoms with van der Waals surface area (Å²) in [6.07, 6.45) is 4.48. The highest BCUT2D eigenvalue weighted by atomic mass is 15.1. The smallest absolute Gasteiger partial charge is 0.0462 e. The van der Waals surface area contributed by atoms with Gasteiger partial charge in [0, 0.05) is 22.5 Å². The Morgan fingerprint density at radius 1 is 0.350 bits per heavy atom. The van der Waals surface area contributed by atoms with Crippen LogP contribution < -0.4 is 4.90 Å². The summed E-state index contributed by atoms with van der Waals surface area (Å²) in [6.45, 7) is 4.78.